The first kappa shape index (κ1) is 16.7. The van der Waals surface area contributed by atoms with Crippen LogP contribution >= 0.6 is 11.8 Å². The third kappa shape index (κ3) is 5.32. The van der Waals surface area contributed by atoms with Crippen molar-refractivity contribution in [3.63, 3.8) is 0 Å². The normalized spacial score (nSPS) is 23.5. The summed E-state index contributed by atoms with van der Waals surface area (Å²) in [6.07, 6.45) is 7.11. The van der Waals surface area contributed by atoms with Gasteiger partial charge < -0.3 is 14.9 Å². The predicted molar refractivity (Wildman–Crippen MR) is 77.1 cm³/mol. The van der Waals surface area contributed by atoms with Crippen molar-refractivity contribution in [1.29, 1.82) is 0 Å². The zero-order chi connectivity index (χ0) is 14.8. The second-order valence-electron chi connectivity index (χ2n) is 3.91. The summed E-state index contributed by atoms with van der Waals surface area (Å²) in [6, 6.07) is 0. The molecule has 0 aromatic carbocycles. The Labute approximate surface area is 122 Å². The van der Waals surface area contributed by atoms with E-state index in [1.54, 1.807) is 24.3 Å². The Balaban J connectivity index is 3.10. The van der Waals surface area contributed by atoms with E-state index < -0.39 is 0 Å². The predicted octanol–water partition coefficient (Wildman–Crippen LogP) is 0.977. The van der Waals surface area contributed by atoms with Crippen LogP contribution in [0.4, 0.5) is 0 Å². The van der Waals surface area contributed by atoms with E-state index in [9.17, 15) is 9.59 Å². The Kier molecular flexibility index (Phi) is 7.94. The summed E-state index contributed by atoms with van der Waals surface area (Å²) in [5.74, 6) is -0.239. The summed E-state index contributed by atoms with van der Waals surface area (Å²) in [6.45, 7) is -0.381. The van der Waals surface area contributed by atoms with Gasteiger partial charge in [-0.3, -0.25) is 9.59 Å². The molecule has 0 saturated carbocycles. The minimum absolute atomic E-state index is 0.0116. The fourth-order valence-corrected chi connectivity index (χ4v) is 2.38. The Hall–Kier alpha value is -1.37. The van der Waals surface area contributed by atoms with Gasteiger partial charge in [-0.15, -0.1) is 11.8 Å². The highest BCUT2D eigenvalue weighted by molar-refractivity contribution is 8.04. The lowest BCUT2D eigenvalue weighted by atomic mass is 10.1. The number of ketones is 2. The second kappa shape index (κ2) is 9.52. The summed E-state index contributed by atoms with van der Waals surface area (Å²) in [4.78, 5) is 24.4. The molecule has 0 aromatic heterocycles. The van der Waals surface area contributed by atoms with E-state index in [0.717, 1.165) is 11.8 Å². The maximum atomic E-state index is 12.1. The number of Topliss-reactive ketones (excluding diaryl/α,β-unsaturated/α-hetero) is 2. The fourth-order valence-electron chi connectivity index (χ4n) is 1.53. The molecule has 6 heteroatoms. The van der Waals surface area contributed by atoms with Gasteiger partial charge in [-0.2, -0.15) is 0 Å². The van der Waals surface area contributed by atoms with Gasteiger partial charge in [-0.25, -0.2) is 0 Å². The summed E-state index contributed by atoms with van der Waals surface area (Å²) in [5, 5.41) is 17.7. The smallest absolute Gasteiger partial charge is 0.202 e. The maximum absolute atomic E-state index is 12.1. The quantitative estimate of drug-likeness (QED) is 0.760. The van der Waals surface area contributed by atoms with Crippen molar-refractivity contribution in [1.82, 2.24) is 0 Å². The van der Waals surface area contributed by atoms with Crippen LogP contribution in [0.3, 0.4) is 0 Å². The number of aliphatic hydroxyl groups excluding tert-OH is 2. The van der Waals surface area contributed by atoms with E-state index in [4.69, 9.17) is 14.9 Å². The minimum atomic E-state index is -0.307. The van der Waals surface area contributed by atoms with Crippen molar-refractivity contribution in [3.05, 3.63) is 35.0 Å². The van der Waals surface area contributed by atoms with Gasteiger partial charge in [0.1, 0.15) is 6.61 Å². The number of thioether (sulfide) groups is 1. The standard InChI is InChI=1S/C14H18O5S/c15-7-9-19-13-11(17)5-3-1-2-4-6-12(18)14(13)20-10-8-16/h1-4,15-16H,5-10H2/b3-1-,4-2-,14-13-. The molecule has 0 unspecified atom stereocenters. The van der Waals surface area contributed by atoms with Crippen LogP contribution in [-0.4, -0.2) is 47.4 Å². The van der Waals surface area contributed by atoms with Gasteiger partial charge >= 0.3 is 0 Å². The maximum Gasteiger partial charge on any atom is 0.202 e. The number of carbonyl (C=O) groups excluding carboxylic acids is 2. The van der Waals surface area contributed by atoms with Gasteiger partial charge in [-0.05, 0) is 0 Å². The van der Waals surface area contributed by atoms with Gasteiger partial charge in [0.05, 0.1) is 18.1 Å². The highest BCUT2D eigenvalue weighted by Gasteiger charge is 2.22. The van der Waals surface area contributed by atoms with Crippen LogP contribution < -0.4 is 0 Å². The Morgan fingerprint density at radius 2 is 1.70 bits per heavy atom. The molecule has 1 aliphatic rings. The lowest BCUT2D eigenvalue weighted by molar-refractivity contribution is -0.120. The lowest BCUT2D eigenvalue weighted by Gasteiger charge is -2.13. The molecule has 0 spiro atoms. The molecule has 0 bridgehead atoms. The van der Waals surface area contributed by atoms with Crippen molar-refractivity contribution in [2.45, 2.75) is 12.8 Å². The first-order chi connectivity index (χ1) is 9.70. The van der Waals surface area contributed by atoms with Gasteiger partial charge in [-0.1, -0.05) is 24.3 Å². The first-order valence-electron chi connectivity index (χ1n) is 6.30. The van der Waals surface area contributed by atoms with E-state index in [-0.39, 0.29) is 54.9 Å². The summed E-state index contributed by atoms with van der Waals surface area (Å²) < 4.78 is 5.26. The largest absolute Gasteiger partial charge is 0.486 e. The molecule has 2 N–H and O–H groups in total. The van der Waals surface area contributed by atoms with Crippen LogP contribution in [0.25, 0.3) is 0 Å². The number of hydrogen-bond acceptors (Lipinski definition) is 6. The third-order valence-corrected chi connectivity index (χ3v) is 3.47. The van der Waals surface area contributed by atoms with Gasteiger partial charge in [0, 0.05) is 18.6 Å². The first-order valence-corrected chi connectivity index (χ1v) is 7.29. The number of ether oxygens (including phenoxy) is 1. The average molecular weight is 298 g/mol. The molecule has 0 aliphatic heterocycles. The molecule has 0 heterocycles. The summed E-state index contributed by atoms with van der Waals surface area (Å²) >= 11 is 1.10. The molecule has 0 saturated heterocycles. The zero-order valence-corrected chi connectivity index (χ0v) is 11.9. The highest BCUT2D eigenvalue weighted by Crippen LogP contribution is 2.25. The van der Waals surface area contributed by atoms with E-state index in [1.807, 2.05) is 0 Å². The molecule has 20 heavy (non-hydrogen) atoms. The third-order valence-electron chi connectivity index (χ3n) is 2.38. The number of hydrogen-bond donors (Lipinski definition) is 2. The van der Waals surface area contributed by atoms with E-state index in [1.165, 1.54) is 0 Å². The lowest BCUT2D eigenvalue weighted by Crippen LogP contribution is -2.15. The number of aliphatic hydroxyl groups is 2. The van der Waals surface area contributed by atoms with Gasteiger partial charge in [0.15, 0.2) is 11.5 Å². The van der Waals surface area contributed by atoms with E-state index >= 15 is 0 Å². The van der Waals surface area contributed by atoms with Crippen LogP contribution in [0, 0.1) is 0 Å². The second-order valence-corrected chi connectivity index (χ2v) is 5.02. The van der Waals surface area contributed by atoms with Crippen molar-refractivity contribution in [2.75, 3.05) is 25.6 Å². The SMILES string of the molecule is O=C1C/C=C\C=C/CC(=O)/C(SCCO)=C\1OCCO. The molecule has 0 atom stereocenters. The monoisotopic (exact) mass is 298 g/mol. The molecule has 0 radical (unpaired) electrons. The van der Waals surface area contributed by atoms with Crippen LogP contribution in [0.1, 0.15) is 12.8 Å². The molecule has 0 aromatic rings. The topological polar surface area (TPSA) is 83.8 Å². The summed E-state index contributed by atoms with van der Waals surface area (Å²) in [7, 11) is 0. The Morgan fingerprint density at radius 3 is 2.30 bits per heavy atom. The molecule has 110 valence electrons. The fraction of sp³-hybridized carbons (Fsp3) is 0.429. The molecule has 1 rings (SSSR count). The molecule has 1 aliphatic carbocycles. The van der Waals surface area contributed by atoms with Crippen LogP contribution in [0.5, 0.6) is 0 Å². The van der Waals surface area contributed by atoms with Crippen molar-refractivity contribution < 1.29 is 24.5 Å². The average Bonchev–Trinajstić information content (AvgIpc) is 2.45. The number of rotatable bonds is 6. The number of allylic oxidation sites excluding steroid dienone is 6. The van der Waals surface area contributed by atoms with E-state index in [0.29, 0.717) is 5.75 Å². The van der Waals surface area contributed by atoms with Crippen LogP contribution in [0.15, 0.2) is 35.0 Å². The van der Waals surface area contributed by atoms with E-state index in [2.05, 4.69) is 0 Å². The Bertz CT molecular complexity index is 397. The molecule has 0 amide bonds. The molecular weight excluding hydrogens is 280 g/mol. The van der Waals surface area contributed by atoms with Crippen molar-refractivity contribution in [2.24, 2.45) is 0 Å². The highest BCUT2D eigenvalue weighted by atomic mass is 32.2. The van der Waals surface area contributed by atoms with Crippen LogP contribution in [-0.2, 0) is 14.3 Å². The van der Waals surface area contributed by atoms with Crippen molar-refractivity contribution in [3.8, 4) is 0 Å². The van der Waals surface area contributed by atoms with Gasteiger partial charge in [0.25, 0.3) is 0 Å². The molecular formula is C14H18O5S. The summed E-state index contributed by atoms with van der Waals surface area (Å²) in [5.41, 5.74) is 0. The molecule has 0 fully saturated rings. The number of carbonyl (C=O) groups is 2. The zero-order valence-electron chi connectivity index (χ0n) is 11.1. The minimum Gasteiger partial charge on any atom is -0.486 e. The van der Waals surface area contributed by atoms with Gasteiger partial charge in [0.2, 0.25) is 5.78 Å². The molecule has 5 nitrogen and oxygen atoms in total. The van der Waals surface area contributed by atoms with Crippen molar-refractivity contribution >= 4 is 23.3 Å². The Morgan fingerprint density at radius 1 is 1.05 bits per heavy atom. The van der Waals surface area contributed by atoms with Crippen LogP contribution in [0.2, 0.25) is 0 Å².